The topological polar surface area (TPSA) is 84.9 Å². The Hall–Kier alpha value is -2.81. The minimum atomic E-state index is -0.164. The second-order valence-corrected chi connectivity index (χ2v) is 8.06. The molecule has 0 radical (unpaired) electrons. The number of fused-ring (bicyclic) bond motifs is 1. The molecule has 0 aliphatic carbocycles. The van der Waals surface area contributed by atoms with Crippen LogP contribution in [-0.2, 0) is 27.2 Å². The van der Waals surface area contributed by atoms with Crippen molar-refractivity contribution in [2.75, 3.05) is 44.4 Å². The molecule has 0 spiro atoms. The summed E-state index contributed by atoms with van der Waals surface area (Å²) in [6.45, 7) is 5.13. The maximum atomic E-state index is 5.69. The third-order valence-corrected chi connectivity index (χ3v) is 5.75. The van der Waals surface area contributed by atoms with E-state index in [0.717, 1.165) is 80.8 Å². The number of para-hydroxylation sites is 1. The molecule has 4 heterocycles. The minimum Gasteiger partial charge on any atom is -0.378 e. The Morgan fingerprint density at radius 3 is 2.81 bits per heavy atom. The second-order valence-electron chi connectivity index (χ2n) is 8.06. The largest absolute Gasteiger partial charge is 0.378 e. The van der Waals surface area contributed by atoms with Crippen LogP contribution in [0.3, 0.4) is 0 Å². The van der Waals surface area contributed by atoms with Gasteiger partial charge in [0.1, 0.15) is 11.6 Å². The number of benzene rings is 1. The number of aliphatic imine (C=N–C) groups is 1. The molecule has 2 aliphatic heterocycles. The minimum absolute atomic E-state index is 0.164. The van der Waals surface area contributed by atoms with Crippen molar-refractivity contribution in [2.24, 2.45) is 4.99 Å². The van der Waals surface area contributed by atoms with Crippen LogP contribution in [0.4, 0.5) is 5.82 Å². The standard InChI is InChI=1S/C24H29N5O3/c1-2-5-21-20(4-1)18(16-26-21)15-25-17-19-14-23(29-8-12-30-13-9-29)28-22(27-19)6-7-24-31-10-3-11-32-24/h1-2,4-5,14-16,24,26H,3,6-13,17H2. The van der Waals surface area contributed by atoms with E-state index in [1.165, 1.54) is 5.39 Å². The van der Waals surface area contributed by atoms with E-state index in [1.807, 2.05) is 24.5 Å². The number of aromatic amines is 1. The van der Waals surface area contributed by atoms with E-state index in [1.54, 1.807) is 0 Å². The van der Waals surface area contributed by atoms with Crippen LogP contribution in [0.5, 0.6) is 0 Å². The number of rotatable bonds is 7. The molecule has 2 aliphatic rings. The first-order chi connectivity index (χ1) is 15.8. The molecule has 32 heavy (non-hydrogen) atoms. The number of morpholine rings is 1. The first-order valence-corrected chi connectivity index (χ1v) is 11.3. The number of aryl methyl sites for hydroxylation is 1. The number of nitrogens with zero attached hydrogens (tertiary/aromatic N) is 4. The lowest BCUT2D eigenvalue weighted by atomic mass is 10.2. The van der Waals surface area contributed by atoms with E-state index in [-0.39, 0.29) is 6.29 Å². The molecule has 1 aromatic carbocycles. The summed E-state index contributed by atoms with van der Waals surface area (Å²) in [5, 5.41) is 1.17. The lowest BCUT2D eigenvalue weighted by Crippen LogP contribution is -2.37. The summed E-state index contributed by atoms with van der Waals surface area (Å²) in [5.74, 6) is 1.75. The van der Waals surface area contributed by atoms with Crippen LogP contribution in [0, 0.1) is 0 Å². The van der Waals surface area contributed by atoms with Gasteiger partial charge in [-0.2, -0.15) is 0 Å². The molecule has 2 fully saturated rings. The number of anilines is 1. The molecule has 3 aromatic rings. The van der Waals surface area contributed by atoms with Crippen molar-refractivity contribution in [2.45, 2.75) is 32.1 Å². The number of ether oxygens (including phenoxy) is 3. The zero-order chi connectivity index (χ0) is 21.6. The van der Waals surface area contributed by atoms with Crippen LogP contribution in [0.25, 0.3) is 10.9 Å². The average molecular weight is 436 g/mol. The highest BCUT2D eigenvalue weighted by molar-refractivity contribution is 5.98. The van der Waals surface area contributed by atoms with Crippen LogP contribution in [0.15, 0.2) is 41.5 Å². The summed E-state index contributed by atoms with van der Waals surface area (Å²) in [6.07, 6.45) is 6.16. The van der Waals surface area contributed by atoms with Crippen molar-refractivity contribution in [3.63, 3.8) is 0 Å². The molecule has 0 bridgehead atoms. The van der Waals surface area contributed by atoms with Crippen LogP contribution >= 0.6 is 0 Å². The van der Waals surface area contributed by atoms with Crippen molar-refractivity contribution in [1.82, 2.24) is 15.0 Å². The van der Waals surface area contributed by atoms with Crippen LogP contribution in [0.1, 0.15) is 29.9 Å². The maximum Gasteiger partial charge on any atom is 0.158 e. The molecular formula is C24H29N5O3. The Bertz CT molecular complexity index is 1050. The maximum absolute atomic E-state index is 5.69. The highest BCUT2D eigenvalue weighted by Crippen LogP contribution is 2.19. The molecule has 0 unspecified atom stereocenters. The zero-order valence-electron chi connectivity index (χ0n) is 18.2. The molecule has 2 saturated heterocycles. The zero-order valence-corrected chi connectivity index (χ0v) is 18.2. The van der Waals surface area contributed by atoms with Gasteiger partial charge in [0.2, 0.25) is 0 Å². The quantitative estimate of drug-likeness (QED) is 0.574. The van der Waals surface area contributed by atoms with Gasteiger partial charge in [0.15, 0.2) is 6.29 Å². The Labute approximate surface area is 187 Å². The van der Waals surface area contributed by atoms with Gasteiger partial charge in [-0.15, -0.1) is 0 Å². The summed E-state index contributed by atoms with van der Waals surface area (Å²) in [7, 11) is 0. The SMILES string of the molecule is C(=NCc1cc(N2CCOCC2)nc(CCC2OCCCO2)n1)c1c[nH]c2ccccc12. The van der Waals surface area contributed by atoms with Crippen molar-refractivity contribution < 1.29 is 14.2 Å². The van der Waals surface area contributed by atoms with E-state index in [0.29, 0.717) is 13.0 Å². The van der Waals surface area contributed by atoms with Gasteiger partial charge in [-0.1, -0.05) is 18.2 Å². The van der Waals surface area contributed by atoms with Crippen molar-refractivity contribution in [1.29, 1.82) is 0 Å². The van der Waals surface area contributed by atoms with Crippen molar-refractivity contribution >= 4 is 22.9 Å². The smallest absolute Gasteiger partial charge is 0.158 e. The summed E-state index contributed by atoms with van der Waals surface area (Å²) in [6, 6.07) is 10.3. The molecule has 0 amide bonds. The van der Waals surface area contributed by atoms with Crippen molar-refractivity contribution in [3.05, 3.63) is 53.6 Å². The fourth-order valence-electron chi connectivity index (χ4n) is 4.07. The van der Waals surface area contributed by atoms with E-state index in [4.69, 9.17) is 24.2 Å². The van der Waals surface area contributed by atoms with Gasteiger partial charge in [0, 0.05) is 60.9 Å². The van der Waals surface area contributed by atoms with E-state index < -0.39 is 0 Å². The normalized spacial score (nSPS) is 18.1. The van der Waals surface area contributed by atoms with Gasteiger partial charge in [-0.25, -0.2) is 9.97 Å². The summed E-state index contributed by atoms with van der Waals surface area (Å²) >= 11 is 0. The van der Waals surface area contributed by atoms with Gasteiger partial charge in [0.25, 0.3) is 0 Å². The molecule has 8 heteroatoms. The Balaban J connectivity index is 1.32. The molecule has 2 aromatic heterocycles. The van der Waals surface area contributed by atoms with Gasteiger partial charge in [-0.3, -0.25) is 4.99 Å². The third kappa shape index (κ3) is 5.15. The van der Waals surface area contributed by atoms with Crippen molar-refractivity contribution in [3.8, 4) is 0 Å². The Morgan fingerprint density at radius 2 is 1.94 bits per heavy atom. The molecule has 5 rings (SSSR count). The number of nitrogens with one attached hydrogen (secondary N) is 1. The Kier molecular flexibility index (Phi) is 6.72. The van der Waals surface area contributed by atoms with Crippen LogP contribution < -0.4 is 4.90 Å². The summed E-state index contributed by atoms with van der Waals surface area (Å²) in [4.78, 5) is 19.9. The van der Waals surface area contributed by atoms with Crippen LogP contribution in [-0.4, -0.2) is 67.0 Å². The first kappa shape index (κ1) is 21.1. The Morgan fingerprint density at radius 1 is 1.09 bits per heavy atom. The molecular weight excluding hydrogens is 406 g/mol. The molecule has 168 valence electrons. The summed E-state index contributed by atoms with van der Waals surface area (Å²) < 4.78 is 16.9. The third-order valence-electron chi connectivity index (χ3n) is 5.75. The van der Waals surface area contributed by atoms with Gasteiger partial charge >= 0.3 is 0 Å². The number of hydrogen-bond donors (Lipinski definition) is 1. The number of hydrogen-bond acceptors (Lipinski definition) is 7. The van der Waals surface area contributed by atoms with E-state index >= 15 is 0 Å². The fraction of sp³-hybridized carbons (Fsp3) is 0.458. The average Bonchev–Trinajstić information content (AvgIpc) is 3.27. The van der Waals surface area contributed by atoms with Gasteiger partial charge in [-0.05, 0) is 12.5 Å². The van der Waals surface area contributed by atoms with E-state index in [9.17, 15) is 0 Å². The second kappa shape index (κ2) is 10.2. The molecule has 8 nitrogen and oxygen atoms in total. The lowest BCUT2D eigenvalue weighted by Gasteiger charge is -2.28. The highest BCUT2D eigenvalue weighted by Gasteiger charge is 2.18. The highest BCUT2D eigenvalue weighted by atomic mass is 16.7. The fourth-order valence-corrected chi connectivity index (χ4v) is 4.07. The molecule has 0 atom stereocenters. The summed E-state index contributed by atoms with van der Waals surface area (Å²) in [5.41, 5.74) is 3.10. The predicted octanol–water partition coefficient (Wildman–Crippen LogP) is 3.11. The first-order valence-electron chi connectivity index (χ1n) is 11.3. The predicted molar refractivity (Wildman–Crippen MR) is 123 cm³/mol. The van der Waals surface area contributed by atoms with Gasteiger partial charge < -0.3 is 24.1 Å². The molecule has 1 N–H and O–H groups in total. The molecule has 0 saturated carbocycles. The lowest BCUT2D eigenvalue weighted by molar-refractivity contribution is -0.180. The van der Waals surface area contributed by atoms with Crippen LogP contribution in [0.2, 0.25) is 0 Å². The van der Waals surface area contributed by atoms with E-state index in [2.05, 4.69) is 33.1 Å². The number of aromatic nitrogens is 3. The van der Waals surface area contributed by atoms with Gasteiger partial charge in [0.05, 0.1) is 38.7 Å². The monoisotopic (exact) mass is 435 g/mol. The number of H-pyrrole nitrogens is 1.